The smallest absolute Gasteiger partial charge is 0.103 e. The van der Waals surface area contributed by atoms with E-state index in [1.165, 1.54) is 25.7 Å². The van der Waals surface area contributed by atoms with E-state index >= 15 is 0 Å². The van der Waals surface area contributed by atoms with E-state index in [0.717, 1.165) is 22.7 Å². The standard InChI is InChI=1S/C15H20N2S/c1-12-7-4-3-5-10-17(12)14-8-6-9-15(18-2)13(14)11-16/h6,8-9,12H,3-5,7,10H2,1-2H3. The monoisotopic (exact) mass is 260 g/mol. The van der Waals surface area contributed by atoms with Gasteiger partial charge in [-0.05, 0) is 38.2 Å². The van der Waals surface area contributed by atoms with E-state index in [9.17, 15) is 5.26 Å². The summed E-state index contributed by atoms with van der Waals surface area (Å²) >= 11 is 1.66. The van der Waals surface area contributed by atoms with Gasteiger partial charge in [-0.25, -0.2) is 0 Å². The zero-order valence-corrected chi connectivity index (χ0v) is 12.0. The molecular formula is C15H20N2S. The summed E-state index contributed by atoms with van der Waals surface area (Å²) in [5.41, 5.74) is 1.97. The third-order valence-electron chi connectivity index (χ3n) is 3.70. The van der Waals surface area contributed by atoms with Gasteiger partial charge in [0.15, 0.2) is 0 Å². The molecule has 96 valence electrons. The molecule has 1 saturated heterocycles. The van der Waals surface area contributed by atoms with Crippen molar-refractivity contribution in [3.63, 3.8) is 0 Å². The van der Waals surface area contributed by atoms with Crippen molar-refractivity contribution in [2.24, 2.45) is 0 Å². The molecule has 0 aliphatic carbocycles. The summed E-state index contributed by atoms with van der Waals surface area (Å²) in [6.45, 7) is 3.35. The van der Waals surface area contributed by atoms with Gasteiger partial charge in [0.05, 0.1) is 11.3 Å². The number of anilines is 1. The van der Waals surface area contributed by atoms with Gasteiger partial charge in [0.2, 0.25) is 0 Å². The highest BCUT2D eigenvalue weighted by molar-refractivity contribution is 7.98. The Morgan fingerprint density at radius 3 is 2.89 bits per heavy atom. The molecule has 0 radical (unpaired) electrons. The highest BCUT2D eigenvalue weighted by atomic mass is 32.2. The van der Waals surface area contributed by atoms with E-state index in [0.29, 0.717) is 6.04 Å². The van der Waals surface area contributed by atoms with Crippen LogP contribution in [-0.2, 0) is 0 Å². The van der Waals surface area contributed by atoms with Crippen molar-refractivity contribution in [1.29, 1.82) is 5.26 Å². The Kier molecular flexibility index (Phi) is 4.54. The molecule has 2 rings (SSSR count). The summed E-state index contributed by atoms with van der Waals surface area (Å²) in [6.07, 6.45) is 7.12. The highest BCUT2D eigenvalue weighted by Crippen LogP contribution is 2.32. The van der Waals surface area contributed by atoms with Gasteiger partial charge in [-0.2, -0.15) is 5.26 Å². The van der Waals surface area contributed by atoms with Crippen molar-refractivity contribution < 1.29 is 0 Å². The third kappa shape index (κ3) is 2.64. The van der Waals surface area contributed by atoms with Crippen molar-refractivity contribution in [3.05, 3.63) is 23.8 Å². The normalized spacial score (nSPS) is 20.3. The van der Waals surface area contributed by atoms with Crippen LogP contribution >= 0.6 is 11.8 Å². The first kappa shape index (κ1) is 13.3. The molecule has 1 atom stereocenters. The van der Waals surface area contributed by atoms with E-state index in [1.807, 2.05) is 12.3 Å². The van der Waals surface area contributed by atoms with Gasteiger partial charge in [0.1, 0.15) is 6.07 Å². The number of hydrogen-bond acceptors (Lipinski definition) is 3. The summed E-state index contributed by atoms with van der Waals surface area (Å²) in [5, 5.41) is 9.43. The number of thioether (sulfide) groups is 1. The van der Waals surface area contributed by atoms with E-state index in [1.54, 1.807) is 11.8 Å². The summed E-state index contributed by atoms with van der Waals surface area (Å²) in [6, 6.07) is 9.13. The predicted molar refractivity (Wildman–Crippen MR) is 78.2 cm³/mol. The molecule has 1 heterocycles. The van der Waals surface area contributed by atoms with E-state index < -0.39 is 0 Å². The molecule has 1 aromatic rings. The average molecular weight is 260 g/mol. The van der Waals surface area contributed by atoms with Crippen LogP contribution in [0.3, 0.4) is 0 Å². The minimum atomic E-state index is 0.539. The van der Waals surface area contributed by atoms with E-state index in [2.05, 4.69) is 30.0 Å². The lowest BCUT2D eigenvalue weighted by Crippen LogP contribution is -2.33. The summed E-state index contributed by atoms with van der Waals surface area (Å²) in [4.78, 5) is 3.51. The second kappa shape index (κ2) is 6.15. The molecule has 3 heteroatoms. The molecule has 1 unspecified atom stereocenters. The maximum absolute atomic E-state index is 9.43. The molecule has 1 fully saturated rings. The molecular weight excluding hydrogens is 240 g/mol. The lowest BCUT2D eigenvalue weighted by molar-refractivity contribution is 0.615. The highest BCUT2D eigenvalue weighted by Gasteiger charge is 2.20. The molecule has 1 aliphatic heterocycles. The summed E-state index contributed by atoms with van der Waals surface area (Å²) < 4.78 is 0. The Labute approximate surface area is 114 Å². The fourth-order valence-electron chi connectivity index (χ4n) is 2.67. The Balaban J connectivity index is 2.40. The Bertz CT molecular complexity index is 450. The number of rotatable bonds is 2. The van der Waals surface area contributed by atoms with Crippen LogP contribution in [0.2, 0.25) is 0 Å². The zero-order chi connectivity index (χ0) is 13.0. The lowest BCUT2D eigenvalue weighted by atomic mass is 10.1. The van der Waals surface area contributed by atoms with E-state index in [-0.39, 0.29) is 0 Å². The van der Waals surface area contributed by atoms with Crippen LogP contribution < -0.4 is 4.90 Å². The van der Waals surface area contributed by atoms with Crippen molar-refractivity contribution in [3.8, 4) is 6.07 Å². The maximum Gasteiger partial charge on any atom is 0.103 e. The number of nitriles is 1. The molecule has 0 N–H and O–H groups in total. The van der Waals surface area contributed by atoms with E-state index in [4.69, 9.17) is 0 Å². The van der Waals surface area contributed by atoms with Gasteiger partial charge in [0, 0.05) is 17.5 Å². The molecule has 0 aromatic heterocycles. The van der Waals surface area contributed by atoms with Gasteiger partial charge in [0.25, 0.3) is 0 Å². The molecule has 0 bridgehead atoms. The van der Waals surface area contributed by atoms with Crippen LogP contribution in [0.15, 0.2) is 23.1 Å². The van der Waals surface area contributed by atoms with Gasteiger partial charge in [-0.1, -0.05) is 18.9 Å². The molecule has 0 saturated carbocycles. The van der Waals surface area contributed by atoms with Crippen LogP contribution in [-0.4, -0.2) is 18.8 Å². The molecule has 0 amide bonds. The fourth-order valence-corrected chi connectivity index (χ4v) is 3.24. The topological polar surface area (TPSA) is 27.0 Å². The van der Waals surface area contributed by atoms with Crippen molar-refractivity contribution in [2.75, 3.05) is 17.7 Å². The van der Waals surface area contributed by atoms with Gasteiger partial charge < -0.3 is 4.90 Å². The molecule has 0 spiro atoms. The SMILES string of the molecule is CSc1cccc(N2CCCCCC2C)c1C#N. The van der Waals surface area contributed by atoms with Crippen LogP contribution in [0.4, 0.5) is 5.69 Å². The quantitative estimate of drug-likeness (QED) is 0.751. The maximum atomic E-state index is 9.43. The molecule has 1 aliphatic rings. The van der Waals surface area contributed by atoms with Crippen molar-refractivity contribution in [2.45, 2.75) is 43.5 Å². The number of nitrogens with zero attached hydrogens (tertiary/aromatic N) is 2. The second-order valence-electron chi connectivity index (χ2n) is 4.86. The first-order valence-corrected chi connectivity index (χ1v) is 7.84. The Hall–Kier alpha value is -1.14. The lowest BCUT2D eigenvalue weighted by Gasteiger charge is -2.30. The third-order valence-corrected chi connectivity index (χ3v) is 4.48. The molecule has 2 nitrogen and oxygen atoms in total. The Morgan fingerprint density at radius 2 is 2.17 bits per heavy atom. The minimum absolute atomic E-state index is 0.539. The van der Waals surface area contributed by atoms with Gasteiger partial charge in [-0.3, -0.25) is 0 Å². The van der Waals surface area contributed by atoms with Crippen LogP contribution in [0.1, 0.15) is 38.2 Å². The van der Waals surface area contributed by atoms with Crippen LogP contribution in [0.5, 0.6) is 0 Å². The Morgan fingerprint density at radius 1 is 1.33 bits per heavy atom. The average Bonchev–Trinajstić information content (AvgIpc) is 2.62. The first-order chi connectivity index (χ1) is 8.77. The zero-order valence-electron chi connectivity index (χ0n) is 11.1. The number of benzene rings is 1. The minimum Gasteiger partial charge on any atom is -0.368 e. The largest absolute Gasteiger partial charge is 0.368 e. The molecule has 1 aromatic carbocycles. The summed E-state index contributed by atoms with van der Waals surface area (Å²) in [7, 11) is 0. The second-order valence-corrected chi connectivity index (χ2v) is 5.71. The van der Waals surface area contributed by atoms with Crippen LogP contribution in [0.25, 0.3) is 0 Å². The molecule has 18 heavy (non-hydrogen) atoms. The number of hydrogen-bond donors (Lipinski definition) is 0. The van der Waals surface area contributed by atoms with Crippen LogP contribution in [0, 0.1) is 11.3 Å². The van der Waals surface area contributed by atoms with Crippen molar-refractivity contribution >= 4 is 17.4 Å². The summed E-state index contributed by atoms with van der Waals surface area (Å²) in [5.74, 6) is 0. The fraction of sp³-hybridized carbons (Fsp3) is 0.533. The predicted octanol–water partition coefficient (Wildman–Crippen LogP) is 4.05. The van der Waals surface area contributed by atoms with Gasteiger partial charge in [-0.15, -0.1) is 11.8 Å². The van der Waals surface area contributed by atoms with Gasteiger partial charge >= 0.3 is 0 Å². The van der Waals surface area contributed by atoms with Crippen molar-refractivity contribution in [1.82, 2.24) is 0 Å². The first-order valence-electron chi connectivity index (χ1n) is 6.61.